The highest BCUT2D eigenvalue weighted by atomic mass is 15.0. The van der Waals surface area contributed by atoms with Crippen LogP contribution in [0.4, 0.5) is 0 Å². The molecule has 1 radical (unpaired) electrons. The average molecular weight is 206 g/mol. The molecule has 1 aromatic heterocycles. The molecule has 1 N–H and O–H groups in total. The Labute approximate surface area is 92.5 Å². The Kier molecular flexibility index (Phi) is 5.97. The molecule has 0 saturated heterocycles. The van der Waals surface area contributed by atoms with Gasteiger partial charge in [0.15, 0.2) is 0 Å². The smallest absolute Gasteiger partial charge is 0.0547 e. The molecule has 0 aliphatic rings. The van der Waals surface area contributed by atoms with Crippen LogP contribution >= 0.6 is 0 Å². The van der Waals surface area contributed by atoms with Gasteiger partial charge in [0.25, 0.3) is 0 Å². The van der Waals surface area contributed by atoms with Crippen LogP contribution in [0.2, 0.25) is 0 Å². The van der Waals surface area contributed by atoms with Crippen molar-refractivity contribution in [2.24, 2.45) is 0 Å². The van der Waals surface area contributed by atoms with Crippen molar-refractivity contribution >= 4 is 0 Å². The van der Waals surface area contributed by atoms with Gasteiger partial charge in [-0.1, -0.05) is 0 Å². The molecule has 1 heterocycles. The van der Waals surface area contributed by atoms with Crippen molar-refractivity contribution in [3.8, 4) is 0 Å². The summed E-state index contributed by atoms with van der Waals surface area (Å²) in [5, 5.41) is 3.37. The molecule has 1 aromatic rings. The van der Waals surface area contributed by atoms with Gasteiger partial charge in [0.1, 0.15) is 0 Å². The Balaban J connectivity index is 1.98. The van der Waals surface area contributed by atoms with Gasteiger partial charge in [0, 0.05) is 12.7 Å². The van der Waals surface area contributed by atoms with Gasteiger partial charge < -0.3 is 10.2 Å². The molecule has 0 amide bonds. The van der Waals surface area contributed by atoms with Crippen LogP contribution in [-0.2, 0) is 6.54 Å². The van der Waals surface area contributed by atoms with Gasteiger partial charge in [-0.15, -0.1) is 0 Å². The number of aromatic nitrogens is 1. The summed E-state index contributed by atoms with van der Waals surface area (Å²) < 4.78 is 0. The fourth-order valence-corrected chi connectivity index (χ4v) is 1.35. The molecule has 0 saturated carbocycles. The van der Waals surface area contributed by atoms with Gasteiger partial charge in [-0.3, -0.25) is 4.98 Å². The Hall–Kier alpha value is -0.930. The van der Waals surface area contributed by atoms with Gasteiger partial charge in [0.05, 0.1) is 5.69 Å². The molecule has 83 valence electrons. The standard InChI is InChI=1S/C12H20N3/c1-15(2)10-6-5-8-13-11-12-7-3-4-9-14-12/h4,7,9,13H,5-6,8,10-11H2,1-2H3. The van der Waals surface area contributed by atoms with Crippen molar-refractivity contribution in [1.29, 1.82) is 0 Å². The average Bonchev–Trinajstić information content (AvgIpc) is 2.24. The minimum Gasteiger partial charge on any atom is -0.311 e. The molecular formula is C12H20N3. The first-order valence-corrected chi connectivity index (χ1v) is 5.45. The lowest BCUT2D eigenvalue weighted by Crippen LogP contribution is -2.18. The van der Waals surface area contributed by atoms with Gasteiger partial charge in [-0.25, -0.2) is 0 Å². The minimum absolute atomic E-state index is 0.847. The number of unbranched alkanes of at least 4 members (excludes halogenated alkanes) is 1. The molecule has 1 rings (SSSR count). The largest absolute Gasteiger partial charge is 0.311 e. The maximum absolute atomic E-state index is 4.22. The van der Waals surface area contributed by atoms with Crippen molar-refractivity contribution in [2.45, 2.75) is 19.4 Å². The van der Waals surface area contributed by atoms with E-state index in [-0.39, 0.29) is 0 Å². The second kappa shape index (κ2) is 7.37. The van der Waals surface area contributed by atoms with E-state index in [1.54, 1.807) is 6.20 Å². The summed E-state index contributed by atoms with van der Waals surface area (Å²) in [5.41, 5.74) is 1.06. The third kappa shape index (κ3) is 6.20. The summed E-state index contributed by atoms with van der Waals surface area (Å²) in [7, 11) is 4.22. The quantitative estimate of drug-likeness (QED) is 0.682. The zero-order valence-electron chi connectivity index (χ0n) is 9.66. The summed E-state index contributed by atoms with van der Waals surface area (Å²) in [5.74, 6) is 0. The first kappa shape index (κ1) is 12.1. The number of nitrogens with zero attached hydrogens (tertiary/aromatic N) is 2. The Morgan fingerprint density at radius 2 is 2.27 bits per heavy atom. The molecule has 3 heteroatoms. The number of rotatable bonds is 7. The predicted octanol–water partition coefficient (Wildman–Crippen LogP) is 1.31. The molecule has 3 nitrogen and oxygen atoms in total. The Bertz CT molecular complexity index is 246. The summed E-state index contributed by atoms with van der Waals surface area (Å²) in [6, 6.07) is 6.76. The third-order valence-electron chi connectivity index (χ3n) is 2.18. The molecular weight excluding hydrogens is 186 g/mol. The highest BCUT2D eigenvalue weighted by Crippen LogP contribution is 1.93. The van der Waals surface area contributed by atoms with Crippen LogP contribution in [0, 0.1) is 6.07 Å². The number of pyridine rings is 1. The van der Waals surface area contributed by atoms with Crippen LogP contribution in [0.25, 0.3) is 0 Å². The number of nitrogens with one attached hydrogen (secondary N) is 1. The Morgan fingerprint density at radius 3 is 2.93 bits per heavy atom. The van der Waals surface area contributed by atoms with Crippen molar-refractivity contribution in [3.63, 3.8) is 0 Å². The van der Waals surface area contributed by atoms with E-state index in [1.807, 2.05) is 12.1 Å². The molecule has 0 atom stereocenters. The summed E-state index contributed by atoms with van der Waals surface area (Å²) in [4.78, 5) is 6.44. The lowest BCUT2D eigenvalue weighted by atomic mass is 10.3. The first-order valence-electron chi connectivity index (χ1n) is 5.45. The summed E-state index contributed by atoms with van der Waals surface area (Å²) in [6.45, 7) is 3.07. The molecule has 0 spiro atoms. The minimum atomic E-state index is 0.847. The van der Waals surface area contributed by atoms with Crippen LogP contribution < -0.4 is 5.32 Å². The van der Waals surface area contributed by atoms with Crippen LogP contribution in [-0.4, -0.2) is 37.1 Å². The van der Waals surface area contributed by atoms with Gasteiger partial charge in [-0.05, 0) is 58.2 Å². The van der Waals surface area contributed by atoms with E-state index in [0.29, 0.717) is 0 Å². The second-order valence-electron chi connectivity index (χ2n) is 3.93. The van der Waals surface area contributed by atoms with E-state index in [2.05, 4.69) is 35.4 Å². The lowest BCUT2D eigenvalue weighted by molar-refractivity contribution is 0.391. The molecule has 0 fully saturated rings. The van der Waals surface area contributed by atoms with E-state index in [9.17, 15) is 0 Å². The van der Waals surface area contributed by atoms with Crippen molar-refractivity contribution < 1.29 is 0 Å². The molecule has 0 unspecified atom stereocenters. The van der Waals surface area contributed by atoms with Gasteiger partial charge in [0.2, 0.25) is 0 Å². The molecule has 0 aromatic carbocycles. The normalized spacial score (nSPS) is 10.9. The zero-order valence-corrected chi connectivity index (χ0v) is 9.66. The SMILES string of the molecule is CN(C)CCCCNCc1c[c]ccn1. The fraction of sp³-hybridized carbons (Fsp3) is 0.583. The van der Waals surface area contributed by atoms with E-state index >= 15 is 0 Å². The first-order chi connectivity index (χ1) is 7.29. The predicted molar refractivity (Wildman–Crippen MR) is 62.6 cm³/mol. The van der Waals surface area contributed by atoms with E-state index in [4.69, 9.17) is 0 Å². The van der Waals surface area contributed by atoms with Crippen LogP contribution in [0.3, 0.4) is 0 Å². The van der Waals surface area contributed by atoms with Crippen LogP contribution in [0.15, 0.2) is 18.3 Å². The third-order valence-corrected chi connectivity index (χ3v) is 2.18. The monoisotopic (exact) mass is 206 g/mol. The van der Waals surface area contributed by atoms with E-state index < -0.39 is 0 Å². The van der Waals surface area contributed by atoms with Gasteiger partial charge >= 0.3 is 0 Å². The van der Waals surface area contributed by atoms with Gasteiger partial charge in [-0.2, -0.15) is 0 Å². The second-order valence-corrected chi connectivity index (χ2v) is 3.93. The molecule has 15 heavy (non-hydrogen) atoms. The molecule has 0 aliphatic heterocycles. The molecule has 0 bridgehead atoms. The number of hydrogen-bond acceptors (Lipinski definition) is 3. The molecule has 0 aliphatic carbocycles. The van der Waals surface area contributed by atoms with E-state index in [0.717, 1.165) is 18.8 Å². The maximum atomic E-state index is 4.22. The zero-order chi connectivity index (χ0) is 10.9. The number of hydrogen-bond donors (Lipinski definition) is 1. The summed E-state index contributed by atoms with van der Waals surface area (Å²) in [6.07, 6.45) is 4.24. The Morgan fingerprint density at radius 1 is 1.40 bits per heavy atom. The van der Waals surface area contributed by atoms with Crippen LogP contribution in [0.5, 0.6) is 0 Å². The summed E-state index contributed by atoms with van der Waals surface area (Å²) >= 11 is 0. The maximum Gasteiger partial charge on any atom is 0.0547 e. The van der Waals surface area contributed by atoms with Crippen LogP contribution in [0.1, 0.15) is 18.5 Å². The highest BCUT2D eigenvalue weighted by Gasteiger charge is 1.93. The highest BCUT2D eigenvalue weighted by molar-refractivity contribution is 5.01. The van der Waals surface area contributed by atoms with E-state index in [1.165, 1.54) is 19.4 Å². The topological polar surface area (TPSA) is 28.2 Å². The van der Waals surface area contributed by atoms with Crippen molar-refractivity contribution in [3.05, 3.63) is 30.1 Å². The lowest BCUT2D eigenvalue weighted by Gasteiger charge is -2.09. The van der Waals surface area contributed by atoms with Crippen molar-refractivity contribution in [1.82, 2.24) is 15.2 Å². The van der Waals surface area contributed by atoms with Crippen molar-refractivity contribution in [2.75, 3.05) is 27.2 Å². The fourth-order valence-electron chi connectivity index (χ4n) is 1.35.